The van der Waals surface area contributed by atoms with Crippen molar-refractivity contribution in [3.8, 4) is 0 Å². The van der Waals surface area contributed by atoms with E-state index >= 15 is 0 Å². The van der Waals surface area contributed by atoms with Crippen LogP contribution in [0, 0.1) is 11.3 Å². The molecule has 1 aromatic heterocycles. The van der Waals surface area contributed by atoms with Gasteiger partial charge >= 0.3 is 0 Å². The van der Waals surface area contributed by atoms with Crippen molar-refractivity contribution in [2.24, 2.45) is 11.3 Å². The Labute approximate surface area is 139 Å². The summed E-state index contributed by atoms with van der Waals surface area (Å²) < 4.78 is 1.24. The first kappa shape index (κ1) is 15.3. The molecule has 126 valence electrons. The number of aliphatic hydroxyl groups excluding tert-OH is 1. The quantitative estimate of drug-likeness (QED) is 0.913. The molecule has 0 radical (unpaired) electrons. The van der Waals surface area contributed by atoms with Crippen LogP contribution in [0.5, 0.6) is 0 Å². The molecule has 1 N–H and O–H groups in total. The minimum absolute atomic E-state index is 0.0438. The Morgan fingerprint density at radius 2 is 2.21 bits per heavy atom. The molecule has 0 unspecified atom stereocenters. The molecule has 0 spiro atoms. The zero-order chi connectivity index (χ0) is 16.7. The van der Waals surface area contributed by atoms with Crippen LogP contribution in [0.3, 0.4) is 0 Å². The van der Waals surface area contributed by atoms with E-state index in [9.17, 15) is 14.7 Å². The average molecular weight is 327 g/mol. The number of rotatable bonds is 3. The van der Waals surface area contributed by atoms with Crippen LogP contribution in [0.25, 0.3) is 10.8 Å². The summed E-state index contributed by atoms with van der Waals surface area (Å²) >= 11 is 0. The van der Waals surface area contributed by atoms with Gasteiger partial charge in [0.1, 0.15) is 6.54 Å². The number of hydrogen-bond donors (Lipinski definition) is 1. The van der Waals surface area contributed by atoms with Crippen LogP contribution in [0.2, 0.25) is 0 Å². The lowest BCUT2D eigenvalue weighted by Gasteiger charge is -2.25. The van der Waals surface area contributed by atoms with E-state index in [0.29, 0.717) is 24.4 Å². The first-order chi connectivity index (χ1) is 11.6. The van der Waals surface area contributed by atoms with Gasteiger partial charge in [0.15, 0.2) is 0 Å². The second kappa shape index (κ2) is 5.70. The number of carbonyl (C=O) groups excluding carboxylic acids is 1. The summed E-state index contributed by atoms with van der Waals surface area (Å²) in [6.45, 7) is 1.37. The number of hydrogen-bond acceptors (Lipinski definition) is 4. The number of aromatic nitrogens is 2. The lowest BCUT2D eigenvalue weighted by atomic mass is 9.82. The van der Waals surface area contributed by atoms with Crippen molar-refractivity contribution in [1.82, 2.24) is 14.7 Å². The van der Waals surface area contributed by atoms with E-state index in [1.54, 1.807) is 17.2 Å². The molecular formula is C18H21N3O3. The molecule has 1 aromatic carbocycles. The first-order valence-corrected chi connectivity index (χ1v) is 8.46. The van der Waals surface area contributed by atoms with Gasteiger partial charge in [-0.3, -0.25) is 9.59 Å². The highest BCUT2D eigenvalue weighted by molar-refractivity contribution is 5.81. The van der Waals surface area contributed by atoms with Crippen molar-refractivity contribution in [1.29, 1.82) is 0 Å². The van der Waals surface area contributed by atoms with Gasteiger partial charge in [-0.25, -0.2) is 4.68 Å². The molecule has 4 rings (SSSR count). The van der Waals surface area contributed by atoms with Gasteiger partial charge in [0, 0.05) is 23.9 Å². The summed E-state index contributed by atoms with van der Waals surface area (Å²) in [7, 11) is 0. The smallest absolute Gasteiger partial charge is 0.275 e. The molecule has 2 aliphatic rings. The van der Waals surface area contributed by atoms with E-state index in [1.807, 2.05) is 18.2 Å². The molecule has 2 heterocycles. The number of likely N-dealkylation sites (tertiary alicyclic amines) is 1. The molecule has 24 heavy (non-hydrogen) atoms. The molecule has 1 saturated carbocycles. The minimum atomic E-state index is -0.238. The largest absolute Gasteiger partial charge is 0.396 e. The molecule has 6 nitrogen and oxygen atoms in total. The van der Waals surface area contributed by atoms with Crippen molar-refractivity contribution in [3.63, 3.8) is 0 Å². The number of amides is 1. The molecule has 6 heteroatoms. The molecule has 2 fully saturated rings. The summed E-state index contributed by atoms with van der Waals surface area (Å²) in [5.41, 5.74) is -0.366. The second-order valence-corrected chi connectivity index (χ2v) is 7.08. The standard InChI is InChI=1S/C18H21N3O3/c22-12-18-7-3-5-14(18)9-20(11-18)16(23)10-21-17(24)15-6-2-1-4-13(15)8-19-21/h1-2,4,6,8,14,22H,3,5,7,9-12H2/t14-,18+/m1/s1. The highest BCUT2D eigenvalue weighted by atomic mass is 16.3. The molecule has 1 aliphatic carbocycles. The SMILES string of the molecule is O=C(Cn1ncc2ccccc2c1=O)N1C[C@H]2CCC[C@@]2(CO)C1. The zero-order valence-electron chi connectivity index (χ0n) is 13.5. The maximum atomic E-state index is 12.6. The van der Waals surface area contributed by atoms with Crippen LogP contribution < -0.4 is 5.56 Å². The Morgan fingerprint density at radius 3 is 3.00 bits per heavy atom. The summed E-state index contributed by atoms with van der Waals surface area (Å²) in [6.07, 6.45) is 4.79. The van der Waals surface area contributed by atoms with Gasteiger partial charge in [0.2, 0.25) is 5.91 Å². The van der Waals surface area contributed by atoms with E-state index < -0.39 is 0 Å². The van der Waals surface area contributed by atoms with Crippen molar-refractivity contribution in [3.05, 3.63) is 40.8 Å². The van der Waals surface area contributed by atoms with Gasteiger partial charge in [0.25, 0.3) is 5.56 Å². The zero-order valence-corrected chi connectivity index (χ0v) is 13.5. The maximum Gasteiger partial charge on any atom is 0.275 e. The molecule has 1 saturated heterocycles. The van der Waals surface area contributed by atoms with E-state index in [4.69, 9.17) is 0 Å². The Hall–Kier alpha value is -2.21. The predicted octanol–water partition coefficient (Wildman–Crippen LogP) is 1.02. The number of aliphatic hydroxyl groups is 1. The third-order valence-electron chi connectivity index (χ3n) is 5.75. The fourth-order valence-electron chi connectivity index (χ4n) is 4.33. The van der Waals surface area contributed by atoms with Crippen LogP contribution in [0.4, 0.5) is 0 Å². The number of nitrogens with zero attached hydrogens (tertiary/aromatic N) is 3. The van der Waals surface area contributed by atoms with Gasteiger partial charge < -0.3 is 10.0 Å². The van der Waals surface area contributed by atoms with Crippen molar-refractivity contribution < 1.29 is 9.90 Å². The third-order valence-corrected chi connectivity index (χ3v) is 5.75. The van der Waals surface area contributed by atoms with Crippen molar-refractivity contribution >= 4 is 16.7 Å². The molecule has 0 bridgehead atoms. The first-order valence-electron chi connectivity index (χ1n) is 8.46. The number of benzene rings is 1. The van der Waals surface area contributed by atoms with E-state index in [2.05, 4.69) is 5.10 Å². The van der Waals surface area contributed by atoms with Crippen LogP contribution >= 0.6 is 0 Å². The van der Waals surface area contributed by atoms with Crippen molar-refractivity contribution in [2.45, 2.75) is 25.8 Å². The van der Waals surface area contributed by atoms with Crippen molar-refractivity contribution in [2.75, 3.05) is 19.7 Å². The normalized spacial score (nSPS) is 26.0. The van der Waals surface area contributed by atoms with Gasteiger partial charge in [-0.05, 0) is 24.8 Å². The summed E-state index contributed by atoms with van der Waals surface area (Å²) in [5, 5.41) is 15.3. The van der Waals surface area contributed by atoms with E-state index in [0.717, 1.165) is 24.6 Å². The van der Waals surface area contributed by atoms with Gasteiger partial charge in [-0.15, -0.1) is 0 Å². The highest BCUT2D eigenvalue weighted by Crippen LogP contribution is 2.48. The summed E-state index contributed by atoms with van der Waals surface area (Å²) in [5.74, 6) is 0.287. The Morgan fingerprint density at radius 1 is 1.38 bits per heavy atom. The lowest BCUT2D eigenvalue weighted by molar-refractivity contribution is -0.131. The summed E-state index contributed by atoms with van der Waals surface area (Å²) in [6, 6.07) is 7.25. The maximum absolute atomic E-state index is 12.6. The molecule has 2 atom stereocenters. The Balaban J connectivity index is 1.55. The van der Waals surface area contributed by atoms with Gasteiger partial charge in [0.05, 0.1) is 18.2 Å². The molecule has 1 amide bonds. The number of fused-ring (bicyclic) bond motifs is 2. The predicted molar refractivity (Wildman–Crippen MR) is 89.4 cm³/mol. The Kier molecular flexibility index (Phi) is 3.64. The van der Waals surface area contributed by atoms with Gasteiger partial charge in [-0.2, -0.15) is 5.10 Å². The second-order valence-electron chi connectivity index (χ2n) is 7.08. The lowest BCUT2D eigenvalue weighted by Crippen LogP contribution is -2.38. The van der Waals surface area contributed by atoms with Crippen LogP contribution in [0.1, 0.15) is 19.3 Å². The highest BCUT2D eigenvalue weighted by Gasteiger charge is 2.50. The number of carbonyl (C=O) groups is 1. The van der Waals surface area contributed by atoms with E-state index in [1.165, 1.54) is 4.68 Å². The Bertz CT molecular complexity index is 847. The minimum Gasteiger partial charge on any atom is -0.396 e. The topological polar surface area (TPSA) is 75.4 Å². The fraction of sp³-hybridized carbons (Fsp3) is 0.500. The van der Waals surface area contributed by atoms with Crippen LogP contribution in [-0.2, 0) is 11.3 Å². The summed E-state index contributed by atoms with van der Waals surface area (Å²) in [4.78, 5) is 26.9. The van der Waals surface area contributed by atoms with Gasteiger partial charge in [-0.1, -0.05) is 24.6 Å². The third kappa shape index (κ3) is 2.33. The van der Waals surface area contributed by atoms with Crippen LogP contribution in [-0.4, -0.2) is 45.4 Å². The molecular weight excluding hydrogens is 306 g/mol. The molecule has 2 aromatic rings. The van der Waals surface area contributed by atoms with E-state index in [-0.39, 0.29) is 30.0 Å². The fourth-order valence-corrected chi connectivity index (χ4v) is 4.33. The average Bonchev–Trinajstić information content (AvgIpc) is 3.15. The van der Waals surface area contributed by atoms with Crippen LogP contribution in [0.15, 0.2) is 35.3 Å². The monoisotopic (exact) mass is 327 g/mol. The molecule has 1 aliphatic heterocycles.